The number of ether oxygens (including phenoxy) is 1. The quantitative estimate of drug-likeness (QED) is 0.504. The zero-order chi connectivity index (χ0) is 5.98. The fourth-order valence-electron chi connectivity index (χ4n) is 0.994. The van der Waals surface area contributed by atoms with Gasteiger partial charge < -0.3 is 4.74 Å². The van der Waals surface area contributed by atoms with Gasteiger partial charge in [0.05, 0.1) is 12.4 Å². The molecule has 0 spiro atoms. The van der Waals surface area contributed by atoms with Crippen LogP contribution in [0.25, 0.3) is 0 Å². The minimum absolute atomic E-state index is 0.912. The van der Waals surface area contributed by atoms with Crippen molar-refractivity contribution in [3.05, 3.63) is 11.3 Å². The fourth-order valence-corrected chi connectivity index (χ4v) is 0.994. The molecule has 1 aliphatic heterocycles. The van der Waals surface area contributed by atoms with Crippen molar-refractivity contribution in [1.82, 2.24) is 0 Å². The summed E-state index contributed by atoms with van der Waals surface area (Å²) in [6, 6.07) is 0. The molecule has 1 rings (SSSR count). The molecule has 0 N–H and O–H groups in total. The molecule has 0 aromatic carbocycles. The molecule has 46 valence electrons. The number of hydrogen-bond donors (Lipinski definition) is 0. The van der Waals surface area contributed by atoms with E-state index in [2.05, 4.69) is 13.8 Å². The third-order valence-electron chi connectivity index (χ3n) is 1.55. The monoisotopic (exact) mass is 112 g/mol. The maximum Gasteiger partial charge on any atom is 0.0947 e. The summed E-state index contributed by atoms with van der Waals surface area (Å²) in [5.74, 6) is 1.21. The molecule has 0 atom stereocenters. The molecule has 0 aliphatic carbocycles. The second kappa shape index (κ2) is 2.21. The van der Waals surface area contributed by atoms with Crippen LogP contribution in [-0.2, 0) is 4.74 Å². The second-order valence-electron chi connectivity index (χ2n) is 2.16. The van der Waals surface area contributed by atoms with E-state index in [1.54, 1.807) is 0 Å². The van der Waals surface area contributed by atoms with Crippen LogP contribution in [0.4, 0.5) is 0 Å². The zero-order valence-corrected chi connectivity index (χ0v) is 5.53. The lowest BCUT2D eigenvalue weighted by Crippen LogP contribution is -1.80. The molecule has 1 nitrogen and oxygen atoms in total. The maximum absolute atomic E-state index is 5.29. The van der Waals surface area contributed by atoms with Crippen molar-refractivity contribution in [2.24, 2.45) is 0 Å². The molecule has 1 aliphatic rings. The summed E-state index contributed by atoms with van der Waals surface area (Å²) in [6.45, 7) is 5.19. The standard InChI is InChI=1S/C7H12O/c1-3-7-6(2)4-5-8-7/h3-5H2,1-2H3. The summed E-state index contributed by atoms with van der Waals surface area (Å²) < 4.78 is 5.29. The first kappa shape index (κ1) is 5.67. The van der Waals surface area contributed by atoms with Crippen molar-refractivity contribution < 1.29 is 4.74 Å². The minimum Gasteiger partial charge on any atom is -0.498 e. The van der Waals surface area contributed by atoms with E-state index in [0.717, 1.165) is 19.4 Å². The number of hydrogen-bond acceptors (Lipinski definition) is 1. The zero-order valence-electron chi connectivity index (χ0n) is 5.53. The lowest BCUT2D eigenvalue weighted by Gasteiger charge is -1.97. The Balaban J connectivity index is 2.58. The van der Waals surface area contributed by atoms with Gasteiger partial charge in [-0.1, -0.05) is 6.92 Å². The van der Waals surface area contributed by atoms with E-state index < -0.39 is 0 Å². The van der Waals surface area contributed by atoms with Gasteiger partial charge in [-0.3, -0.25) is 0 Å². The van der Waals surface area contributed by atoms with Gasteiger partial charge in [-0.05, 0) is 12.5 Å². The van der Waals surface area contributed by atoms with Crippen LogP contribution in [0.5, 0.6) is 0 Å². The van der Waals surface area contributed by atoms with E-state index in [1.807, 2.05) is 0 Å². The molecule has 0 saturated heterocycles. The van der Waals surface area contributed by atoms with Crippen molar-refractivity contribution in [2.45, 2.75) is 26.7 Å². The summed E-state index contributed by atoms with van der Waals surface area (Å²) in [7, 11) is 0. The molecule has 0 amide bonds. The Morgan fingerprint density at radius 2 is 2.38 bits per heavy atom. The maximum atomic E-state index is 5.29. The van der Waals surface area contributed by atoms with Crippen LogP contribution in [0.3, 0.4) is 0 Å². The summed E-state index contributed by atoms with van der Waals surface area (Å²) in [5.41, 5.74) is 1.44. The molecule has 0 fully saturated rings. The van der Waals surface area contributed by atoms with Crippen LogP contribution in [-0.4, -0.2) is 6.61 Å². The molecular weight excluding hydrogens is 100 g/mol. The normalized spacial score (nSPS) is 19.2. The van der Waals surface area contributed by atoms with Crippen molar-refractivity contribution in [1.29, 1.82) is 0 Å². The van der Waals surface area contributed by atoms with Crippen molar-refractivity contribution in [3.8, 4) is 0 Å². The van der Waals surface area contributed by atoms with Gasteiger partial charge in [-0.15, -0.1) is 0 Å². The Labute approximate surface area is 50.3 Å². The summed E-state index contributed by atoms with van der Waals surface area (Å²) in [4.78, 5) is 0. The van der Waals surface area contributed by atoms with Crippen LogP contribution in [0, 0.1) is 0 Å². The Morgan fingerprint density at radius 1 is 1.62 bits per heavy atom. The van der Waals surface area contributed by atoms with Gasteiger partial charge in [-0.2, -0.15) is 0 Å². The van der Waals surface area contributed by atoms with Gasteiger partial charge in [-0.25, -0.2) is 0 Å². The van der Waals surface area contributed by atoms with E-state index in [9.17, 15) is 0 Å². The molecular formula is C7H12O. The predicted molar refractivity (Wildman–Crippen MR) is 33.6 cm³/mol. The largest absolute Gasteiger partial charge is 0.498 e. The molecule has 0 bridgehead atoms. The van der Waals surface area contributed by atoms with Gasteiger partial charge in [0.2, 0.25) is 0 Å². The van der Waals surface area contributed by atoms with Crippen molar-refractivity contribution in [2.75, 3.05) is 6.61 Å². The van der Waals surface area contributed by atoms with Crippen molar-refractivity contribution in [3.63, 3.8) is 0 Å². The first-order valence-corrected chi connectivity index (χ1v) is 3.16. The van der Waals surface area contributed by atoms with Crippen LogP contribution in [0.1, 0.15) is 26.7 Å². The Morgan fingerprint density at radius 3 is 2.62 bits per heavy atom. The van der Waals surface area contributed by atoms with Gasteiger partial charge in [0.15, 0.2) is 0 Å². The number of rotatable bonds is 1. The highest BCUT2D eigenvalue weighted by molar-refractivity contribution is 5.09. The Hall–Kier alpha value is -0.460. The van der Waals surface area contributed by atoms with E-state index in [4.69, 9.17) is 4.74 Å². The second-order valence-corrected chi connectivity index (χ2v) is 2.16. The summed E-state index contributed by atoms with van der Waals surface area (Å²) in [6.07, 6.45) is 2.20. The van der Waals surface area contributed by atoms with Crippen LogP contribution in [0.15, 0.2) is 11.3 Å². The SMILES string of the molecule is CCC1=C(C)CCO1. The Kier molecular flexibility index (Phi) is 1.56. The topological polar surface area (TPSA) is 9.23 Å². The van der Waals surface area contributed by atoms with Crippen LogP contribution in [0.2, 0.25) is 0 Å². The first-order chi connectivity index (χ1) is 3.84. The smallest absolute Gasteiger partial charge is 0.0947 e. The molecule has 0 saturated carbocycles. The summed E-state index contributed by atoms with van der Waals surface area (Å²) in [5, 5.41) is 0. The average Bonchev–Trinajstić information content (AvgIpc) is 2.14. The first-order valence-electron chi connectivity index (χ1n) is 3.16. The highest BCUT2D eigenvalue weighted by Gasteiger charge is 2.08. The highest BCUT2D eigenvalue weighted by Crippen LogP contribution is 2.19. The van der Waals surface area contributed by atoms with Gasteiger partial charge in [0.1, 0.15) is 0 Å². The average molecular weight is 112 g/mol. The predicted octanol–water partition coefficient (Wildman–Crippen LogP) is 2.09. The van der Waals surface area contributed by atoms with E-state index in [-0.39, 0.29) is 0 Å². The molecule has 1 heterocycles. The lowest BCUT2D eigenvalue weighted by atomic mass is 10.2. The van der Waals surface area contributed by atoms with Crippen LogP contribution < -0.4 is 0 Å². The van der Waals surface area contributed by atoms with E-state index >= 15 is 0 Å². The van der Waals surface area contributed by atoms with Gasteiger partial charge in [0, 0.05) is 12.8 Å². The molecule has 0 aromatic heterocycles. The molecule has 0 radical (unpaired) electrons. The summed E-state index contributed by atoms with van der Waals surface area (Å²) >= 11 is 0. The van der Waals surface area contributed by atoms with E-state index in [0.29, 0.717) is 0 Å². The molecule has 0 aromatic rings. The molecule has 1 heteroatoms. The lowest BCUT2D eigenvalue weighted by molar-refractivity contribution is 0.236. The Bertz CT molecular complexity index is 114. The van der Waals surface area contributed by atoms with Crippen LogP contribution >= 0.6 is 0 Å². The fraction of sp³-hybridized carbons (Fsp3) is 0.714. The third kappa shape index (κ3) is 0.857. The van der Waals surface area contributed by atoms with Crippen molar-refractivity contribution >= 4 is 0 Å². The van der Waals surface area contributed by atoms with Gasteiger partial charge >= 0.3 is 0 Å². The molecule has 0 unspecified atom stereocenters. The van der Waals surface area contributed by atoms with E-state index in [1.165, 1.54) is 11.3 Å². The minimum atomic E-state index is 0.912. The highest BCUT2D eigenvalue weighted by atomic mass is 16.5. The molecule has 8 heavy (non-hydrogen) atoms. The third-order valence-corrected chi connectivity index (χ3v) is 1.55. The number of allylic oxidation sites excluding steroid dienone is 1. The van der Waals surface area contributed by atoms with Gasteiger partial charge in [0.25, 0.3) is 0 Å².